The van der Waals surface area contributed by atoms with Gasteiger partial charge in [0.15, 0.2) is 11.5 Å². The van der Waals surface area contributed by atoms with Crippen molar-refractivity contribution in [3.05, 3.63) is 6.33 Å². The van der Waals surface area contributed by atoms with E-state index in [1.807, 2.05) is 6.92 Å². The molecule has 0 radical (unpaired) electrons. The summed E-state index contributed by atoms with van der Waals surface area (Å²) in [6.07, 6.45) is 4.00. The van der Waals surface area contributed by atoms with Gasteiger partial charge in [-0.3, -0.25) is 0 Å². The third-order valence-electron chi connectivity index (χ3n) is 4.10. The number of hydrogen-bond acceptors (Lipinski definition) is 6. The van der Waals surface area contributed by atoms with E-state index in [0.717, 1.165) is 49.5 Å². The highest BCUT2D eigenvalue weighted by Gasteiger charge is 2.24. The van der Waals surface area contributed by atoms with Crippen molar-refractivity contribution in [1.29, 1.82) is 0 Å². The van der Waals surface area contributed by atoms with E-state index in [1.165, 1.54) is 0 Å². The predicted molar refractivity (Wildman–Crippen MR) is 84.8 cm³/mol. The van der Waals surface area contributed by atoms with Crippen molar-refractivity contribution in [2.75, 3.05) is 43.9 Å². The average Bonchev–Trinajstić information content (AvgIpc) is 2.95. The number of anilines is 2. The van der Waals surface area contributed by atoms with Crippen LogP contribution in [0.15, 0.2) is 6.33 Å². The molecule has 1 aliphatic heterocycles. The maximum atomic E-state index is 4.68. The number of aromatic nitrogens is 4. The number of nitrogens with zero attached hydrogens (tertiary/aromatic N) is 5. The number of rotatable bonds is 4. The van der Waals surface area contributed by atoms with Crippen LogP contribution in [0.5, 0.6) is 0 Å². The van der Waals surface area contributed by atoms with Crippen LogP contribution in [0.3, 0.4) is 0 Å². The minimum absolute atomic E-state index is 0.654. The Morgan fingerprint density at radius 1 is 1.33 bits per heavy atom. The molecule has 3 heterocycles. The Bertz CT molecular complexity index is 598. The SMILES string of the molecule is CCNc1nc(N2CCC(N(C)C)CC2)c2[nH]cnc2n1. The molecule has 1 fully saturated rings. The van der Waals surface area contributed by atoms with Crippen molar-refractivity contribution in [1.82, 2.24) is 24.8 Å². The minimum atomic E-state index is 0.654. The maximum Gasteiger partial charge on any atom is 0.226 e. The fourth-order valence-electron chi connectivity index (χ4n) is 2.88. The molecular weight excluding hydrogens is 266 g/mol. The number of hydrogen-bond donors (Lipinski definition) is 2. The third kappa shape index (κ3) is 2.78. The van der Waals surface area contributed by atoms with E-state index in [9.17, 15) is 0 Å². The van der Waals surface area contributed by atoms with Gasteiger partial charge in [-0.15, -0.1) is 0 Å². The molecule has 0 amide bonds. The van der Waals surface area contributed by atoms with Crippen molar-refractivity contribution in [2.24, 2.45) is 0 Å². The van der Waals surface area contributed by atoms with Crippen molar-refractivity contribution in [3.8, 4) is 0 Å². The number of piperidine rings is 1. The van der Waals surface area contributed by atoms with E-state index in [-0.39, 0.29) is 0 Å². The minimum Gasteiger partial charge on any atom is -0.355 e. The van der Waals surface area contributed by atoms with Gasteiger partial charge in [0.2, 0.25) is 5.95 Å². The molecule has 2 aromatic rings. The summed E-state index contributed by atoms with van der Waals surface area (Å²) in [5.41, 5.74) is 1.66. The number of aromatic amines is 1. The zero-order chi connectivity index (χ0) is 14.8. The molecule has 114 valence electrons. The highest BCUT2D eigenvalue weighted by molar-refractivity contribution is 5.84. The highest BCUT2D eigenvalue weighted by atomic mass is 15.3. The van der Waals surface area contributed by atoms with Crippen LogP contribution in [0, 0.1) is 0 Å². The van der Waals surface area contributed by atoms with Crippen LogP contribution in [0.4, 0.5) is 11.8 Å². The molecule has 0 spiro atoms. The lowest BCUT2D eigenvalue weighted by Gasteiger charge is -2.35. The fraction of sp³-hybridized carbons (Fsp3) is 0.643. The standard InChI is InChI=1S/C14H23N7/c1-4-15-14-18-12-11(16-9-17-12)13(19-14)21-7-5-10(6-8-21)20(2)3/h9-10H,4-8H2,1-3H3,(H2,15,16,17,18,19). The normalized spacial score (nSPS) is 16.9. The van der Waals surface area contributed by atoms with Crippen LogP contribution in [0.1, 0.15) is 19.8 Å². The van der Waals surface area contributed by atoms with Gasteiger partial charge in [0.25, 0.3) is 0 Å². The smallest absolute Gasteiger partial charge is 0.226 e. The van der Waals surface area contributed by atoms with E-state index in [4.69, 9.17) is 0 Å². The summed E-state index contributed by atoms with van der Waals surface area (Å²) in [7, 11) is 4.31. The molecule has 7 nitrogen and oxygen atoms in total. The van der Waals surface area contributed by atoms with Gasteiger partial charge in [-0.05, 0) is 33.9 Å². The Balaban J connectivity index is 1.87. The Kier molecular flexibility index (Phi) is 3.92. The first-order chi connectivity index (χ1) is 10.2. The van der Waals surface area contributed by atoms with E-state index in [0.29, 0.717) is 12.0 Å². The molecule has 2 aromatic heterocycles. The van der Waals surface area contributed by atoms with Crippen molar-refractivity contribution >= 4 is 22.9 Å². The van der Waals surface area contributed by atoms with Crippen LogP contribution in [-0.2, 0) is 0 Å². The molecule has 0 aromatic carbocycles. The Morgan fingerprint density at radius 2 is 2.10 bits per heavy atom. The Hall–Kier alpha value is -1.89. The van der Waals surface area contributed by atoms with E-state index >= 15 is 0 Å². The van der Waals surface area contributed by atoms with Gasteiger partial charge in [0, 0.05) is 25.7 Å². The number of fused-ring (bicyclic) bond motifs is 1. The lowest BCUT2D eigenvalue weighted by molar-refractivity contribution is 0.249. The first-order valence-electron chi connectivity index (χ1n) is 7.55. The fourth-order valence-corrected chi connectivity index (χ4v) is 2.88. The number of H-pyrrole nitrogens is 1. The van der Waals surface area contributed by atoms with Crippen LogP contribution in [0.25, 0.3) is 11.2 Å². The van der Waals surface area contributed by atoms with Gasteiger partial charge in [0.1, 0.15) is 5.52 Å². The second-order valence-corrected chi connectivity index (χ2v) is 5.68. The maximum absolute atomic E-state index is 4.68. The second kappa shape index (κ2) is 5.85. The number of nitrogens with one attached hydrogen (secondary N) is 2. The lowest BCUT2D eigenvalue weighted by Crippen LogP contribution is -2.42. The van der Waals surface area contributed by atoms with Gasteiger partial charge >= 0.3 is 0 Å². The van der Waals surface area contributed by atoms with Crippen LogP contribution in [-0.4, -0.2) is 64.6 Å². The molecule has 0 unspecified atom stereocenters. The summed E-state index contributed by atoms with van der Waals surface area (Å²) in [4.78, 5) is 21.2. The number of imidazole rings is 1. The summed E-state index contributed by atoms with van der Waals surface area (Å²) < 4.78 is 0. The molecule has 2 N–H and O–H groups in total. The highest BCUT2D eigenvalue weighted by Crippen LogP contribution is 2.26. The van der Waals surface area contributed by atoms with Gasteiger partial charge in [-0.2, -0.15) is 9.97 Å². The monoisotopic (exact) mass is 289 g/mol. The molecule has 21 heavy (non-hydrogen) atoms. The molecule has 0 aliphatic carbocycles. The molecule has 1 saturated heterocycles. The third-order valence-corrected chi connectivity index (χ3v) is 4.10. The van der Waals surface area contributed by atoms with Crippen molar-refractivity contribution in [3.63, 3.8) is 0 Å². The second-order valence-electron chi connectivity index (χ2n) is 5.68. The van der Waals surface area contributed by atoms with E-state index in [1.54, 1.807) is 6.33 Å². The average molecular weight is 289 g/mol. The molecule has 0 bridgehead atoms. The summed E-state index contributed by atoms with van der Waals surface area (Å²) in [6.45, 7) is 4.87. The zero-order valence-corrected chi connectivity index (χ0v) is 12.9. The molecular formula is C14H23N7. The lowest BCUT2D eigenvalue weighted by atomic mass is 10.0. The predicted octanol–water partition coefficient (Wildman–Crippen LogP) is 1.32. The first kappa shape index (κ1) is 14.1. The molecule has 1 aliphatic rings. The summed E-state index contributed by atoms with van der Waals surface area (Å²) >= 11 is 0. The van der Waals surface area contributed by atoms with Crippen LogP contribution in [0.2, 0.25) is 0 Å². The summed E-state index contributed by atoms with van der Waals surface area (Å²) in [5.74, 6) is 1.62. The van der Waals surface area contributed by atoms with Gasteiger partial charge in [-0.25, -0.2) is 4.98 Å². The molecule has 0 saturated carbocycles. The summed E-state index contributed by atoms with van der Waals surface area (Å²) in [6, 6.07) is 0.661. The summed E-state index contributed by atoms with van der Waals surface area (Å²) in [5, 5.41) is 3.18. The molecule has 3 rings (SSSR count). The van der Waals surface area contributed by atoms with Gasteiger partial charge < -0.3 is 20.1 Å². The van der Waals surface area contributed by atoms with Crippen LogP contribution >= 0.6 is 0 Å². The van der Waals surface area contributed by atoms with Crippen molar-refractivity contribution < 1.29 is 0 Å². The van der Waals surface area contributed by atoms with Crippen LogP contribution < -0.4 is 10.2 Å². The molecule has 7 heteroatoms. The van der Waals surface area contributed by atoms with E-state index in [2.05, 4.69) is 49.1 Å². The quantitative estimate of drug-likeness (QED) is 0.884. The molecule has 0 atom stereocenters. The van der Waals surface area contributed by atoms with Gasteiger partial charge in [-0.1, -0.05) is 0 Å². The largest absolute Gasteiger partial charge is 0.355 e. The zero-order valence-electron chi connectivity index (χ0n) is 12.9. The Morgan fingerprint density at radius 3 is 2.76 bits per heavy atom. The van der Waals surface area contributed by atoms with E-state index < -0.39 is 0 Å². The van der Waals surface area contributed by atoms with Gasteiger partial charge in [0.05, 0.1) is 6.33 Å². The first-order valence-corrected chi connectivity index (χ1v) is 7.55. The Labute approximate surface area is 124 Å². The van der Waals surface area contributed by atoms with Crippen molar-refractivity contribution in [2.45, 2.75) is 25.8 Å². The topological polar surface area (TPSA) is 73.0 Å².